The Morgan fingerprint density at radius 2 is 1.94 bits per heavy atom. The van der Waals surface area contributed by atoms with Gasteiger partial charge < -0.3 is 14.5 Å². The summed E-state index contributed by atoms with van der Waals surface area (Å²) >= 11 is 0. The molecule has 1 aromatic carbocycles. The van der Waals surface area contributed by atoms with Gasteiger partial charge >= 0.3 is 0 Å². The Kier molecular flexibility index (Phi) is 7.23. The minimum absolute atomic E-state index is 0.244. The van der Waals surface area contributed by atoms with E-state index >= 15 is 0 Å². The first-order valence-electron chi connectivity index (χ1n) is 11.8. The predicted molar refractivity (Wildman–Crippen MR) is 122 cm³/mol. The third kappa shape index (κ3) is 5.26. The number of aryl methyl sites for hydroxylation is 1. The van der Waals surface area contributed by atoms with Crippen molar-refractivity contribution in [1.29, 1.82) is 0 Å². The fraction of sp³-hybridized carbons (Fsp3) is 0.667. The second kappa shape index (κ2) is 10.1. The molecule has 0 amide bonds. The van der Waals surface area contributed by atoms with Gasteiger partial charge in [-0.15, -0.1) is 0 Å². The van der Waals surface area contributed by atoms with Crippen LogP contribution in [0.2, 0.25) is 0 Å². The highest BCUT2D eigenvalue weighted by molar-refractivity contribution is 5.60. The first-order chi connectivity index (χ1) is 15.0. The molecule has 0 bridgehead atoms. The van der Waals surface area contributed by atoms with Gasteiger partial charge in [-0.1, -0.05) is 0 Å². The van der Waals surface area contributed by atoms with Gasteiger partial charge in [-0.25, -0.2) is 14.1 Å². The van der Waals surface area contributed by atoms with Crippen LogP contribution in [0, 0.1) is 11.7 Å². The molecule has 4 rings (SSSR count). The molecule has 31 heavy (non-hydrogen) atoms. The molecule has 2 fully saturated rings. The number of aromatic nitrogens is 3. The van der Waals surface area contributed by atoms with E-state index in [4.69, 9.17) is 14.8 Å². The van der Waals surface area contributed by atoms with Gasteiger partial charge in [0.2, 0.25) is 0 Å². The summed E-state index contributed by atoms with van der Waals surface area (Å²) in [5.74, 6) is 1.94. The number of likely N-dealkylation sites (tertiary alicyclic amines) is 1. The average Bonchev–Trinajstić information content (AvgIpc) is 3.44. The number of hydrogen-bond acceptors (Lipinski definition) is 5. The molecule has 1 atom stereocenters. The monoisotopic (exact) mass is 429 g/mol. The molecule has 6 nitrogen and oxygen atoms in total. The number of halogens is 1. The van der Waals surface area contributed by atoms with Crippen molar-refractivity contribution in [3.05, 3.63) is 29.8 Å². The molecule has 7 heteroatoms. The molecule has 0 saturated carbocycles. The summed E-state index contributed by atoms with van der Waals surface area (Å²) in [6.07, 6.45) is 6.71. The van der Waals surface area contributed by atoms with Crippen molar-refractivity contribution in [2.75, 3.05) is 51.8 Å². The van der Waals surface area contributed by atoms with Crippen molar-refractivity contribution in [2.45, 2.75) is 51.5 Å². The molecule has 2 aliphatic heterocycles. The van der Waals surface area contributed by atoms with Crippen molar-refractivity contribution in [1.82, 2.24) is 19.7 Å². The quantitative estimate of drug-likeness (QED) is 0.630. The lowest BCUT2D eigenvalue weighted by Crippen LogP contribution is -2.26. The molecular formula is C24H36FN5O. The average molecular weight is 430 g/mol. The van der Waals surface area contributed by atoms with Crippen molar-refractivity contribution in [3.63, 3.8) is 0 Å². The molecule has 2 saturated heterocycles. The zero-order chi connectivity index (χ0) is 21.8. The zero-order valence-corrected chi connectivity index (χ0v) is 19.2. The second-order valence-electron chi connectivity index (χ2n) is 9.20. The van der Waals surface area contributed by atoms with E-state index in [9.17, 15) is 4.39 Å². The second-order valence-corrected chi connectivity index (χ2v) is 9.20. The molecular weight excluding hydrogens is 393 g/mol. The maximum Gasteiger partial charge on any atom is 0.181 e. The number of ether oxygens (including phenoxy) is 1. The Morgan fingerprint density at radius 3 is 2.61 bits per heavy atom. The van der Waals surface area contributed by atoms with Gasteiger partial charge in [-0.05, 0) is 82.8 Å². The number of rotatable bonds is 8. The van der Waals surface area contributed by atoms with Gasteiger partial charge in [0, 0.05) is 39.3 Å². The SMILES string of the molecule is CC(C1CCOCC1)n1nc(-c2ccc(N(C)C)c(F)c2)nc1CCCN1CCCC1. The summed E-state index contributed by atoms with van der Waals surface area (Å²) < 4.78 is 22.3. The fourth-order valence-corrected chi connectivity index (χ4v) is 4.85. The van der Waals surface area contributed by atoms with Crippen LogP contribution >= 0.6 is 0 Å². The van der Waals surface area contributed by atoms with Gasteiger partial charge in [-0.2, -0.15) is 5.10 Å². The molecule has 170 valence electrons. The highest BCUT2D eigenvalue weighted by Gasteiger charge is 2.26. The maximum atomic E-state index is 14.6. The van der Waals surface area contributed by atoms with Crippen molar-refractivity contribution >= 4 is 5.69 Å². The lowest BCUT2D eigenvalue weighted by molar-refractivity contribution is 0.0490. The van der Waals surface area contributed by atoms with E-state index < -0.39 is 0 Å². The summed E-state index contributed by atoms with van der Waals surface area (Å²) in [6.45, 7) is 7.42. The van der Waals surface area contributed by atoms with Crippen molar-refractivity contribution in [3.8, 4) is 11.4 Å². The summed E-state index contributed by atoms with van der Waals surface area (Å²) in [7, 11) is 3.69. The summed E-state index contributed by atoms with van der Waals surface area (Å²) in [5.41, 5.74) is 1.31. The molecule has 0 radical (unpaired) electrons. The lowest BCUT2D eigenvalue weighted by Gasteiger charge is -2.28. The van der Waals surface area contributed by atoms with E-state index in [2.05, 4.69) is 16.5 Å². The highest BCUT2D eigenvalue weighted by Crippen LogP contribution is 2.30. The Hall–Kier alpha value is -1.99. The Morgan fingerprint density at radius 1 is 1.19 bits per heavy atom. The van der Waals surface area contributed by atoms with E-state index in [1.807, 2.05) is 20.2 Å². The van der Waals surface area contributed by atoms with Crippen molar-refractivity contribution < 1.29 is 9.13 Å². The molecule has 2 aromatic rings. The zero-order valence-electron chi connectivity index (χ0n) is 19.2. The van der Waals surface area contributed by atoms with E-state index in [-0.39, 0.29) is 11.9 Å². The number of hydrogen-bond donors (Lipinski definition) is 0. The standard InChI is InChI=1S/C24H36FN5O/c1-18(19-10-15-31-16-11-19)30-23(7-6-14-29-12-4-5-13-29)26-24(27-30)20-8-9-22(28(2)3)21(25)17-20/h8-9,17-19H,4-7,10-16H2,1-3H3. The lowest BCUT2D eigenvalue weighted by atomic mass is 9.93. The van der Waals surface area contributed by atoms with Crippen LogP contribution in [-0.4, -0.2) is 66.6 Å². The minimum Gasteiger partial charge on any atom is -0.381 e. The number of nitrogens with zero attached hydrogens (tertiary/aromatic N) is 5. The molecule has 3 heterocycles. The van der Waals surface area contributed by atoms with Gasteiger partial charge in [0.15, 0.2) is 5.82 Å². The molecule has 2 aliphatic rings. The van der Waals surface area contributed by atoms with Crippen LogP contribution in [0.15, 0.2) is 18.2 Å². The van der Waals surface area contributed by atoms with Gasteiger partial charge in [0.1, 0.15) is 11.6 Å². The first kappa shape index (κ1) is 22.2. The molecule has 0 N–H and O–H groups in total. The maximum absolute atomic E-state index is 14.6. The van der Waals surface area contributed by atoms with Crippen molar-refractivity contribution in [2.24, 2.45) is 5.92 Å². The van der Waals surface area contributed by atoms with Gasteiger partial charge in [0.25, 0.3) is 0 Å². The topological polar surface area (TPSA) is 46.4 Å². The fourth-order valence-electron chi connectivity index (χ4n) is 4.85. The largest absolute Gasteiger partial charge is 0.381 e. The van der Waals surface area contributed by atoms with Crippen LogP contribution in [0.25, 0.3) is 11.4 Å². The molecule has 1 unspecified atom stereocenters. The van der Waals surface area contributed by atoms with E-state index in [0.29, 0.717) is 17.4 Å². The summed E-state index contributed by atoms with van der Waals surface area (Å²) in [5, 5.41) is 4.89. The van der Waals surface area contributed by atoms with Crippen LogP contribution in [0.1, 0.15) is 50.9 Å². The van der Waals surface area contributed by atoms with Gasteiger partial charge in [-0.3, -0.25) is 0 Å². The normalized spacial score (nSPS) is 19.1. The van der Waals surface area contributed by atoms with Crippen LogP contribution in [-0.2, 0) is 11.2 Å². The number of benzene rings is 1. The van der Waals surface area contributed by atoms with E-state index in [0.717, 1.165) is 56.8 Å². The van der Waals surface area contributed by atoms with Crippen LogP contribution in [0.5, 0.6) is 0 Å². The third-order valence-electron chi connectivity index (χ3n) is 6.80. The van der Waals surface area contributed by atoms with Gasteiger partial charge in [0.05, 0.1) is 11.7 Å². The number of anilines is 1. The molecule has 1 aromatic heterocycles. The predicted octanol–water partition coefficient (Wildman–Crippen LogP) is 4.17. The Balaban J connectivity index is 1.56. The summed E-state index contributed by atoms with van der Waals surface area (Å²) in [4.78, 5) is 9.22. The van der Waals surface area contributed by atoms with E-state index in [1.165, 1.54) is 25.9 Å². The van der Waals surface area contributed by atoms with Crippen LogP contribution in [0.4, 0.5) is 10.1 Å². The Labute approximate surface area is 185 Å². The Bertz CT molecular complexity index is 856. The molecule has 0 spiro atoms. The first-order valence-corrected chi connectivity index (χ1v) is 11.8. The third-order valence-corrected chi connectivity index (χ3v) is 6.80. The smallest absolute Gasteiger partial charge is 0.181 e. The highest BCUT2D eigenvalue weighted by atomic mass is 19.1. The van der Waals surface area contributed by atoms with Crippen LogP contribution < -0.4 is 4.90 Å². The van der Waals surface area contributed by atoms with E-state index in [1.54, 1.807) is 17.0 Å². The van der Waals surface area contributed by atoms with Crippen LogP contribution in [0.3, 0.4) is 0 Å². The summed E-state index contributed by atoms with van der Waals surface area (Å²) in [6, 6.07) is 5.55. The molecule has 0 aliphatic carbocycles. The minimum atomic E-state index is -0.244.